The maximum absolute atomic E-state index is 13.5. The van der Waals surface area contributed by atoms with Crippen LogP contribution >= 0.6 is 0 Å². The number of imidazole rings is 1. The lowest BCUT2D eigenvalue weighted by molar-refractivity contribution is -0.135. The average Bonchev–Trinajstić information content (AvgIpc) is 4.00. The van der Waals surface area contributed by atoms with Gasteiger partial charge in [0, 0.05) is 30.0 Å². The van der Waals surface area contributed by atoms with E-state index in [1.807, 2.05) is 70.3 Å². The molecule has 4 aromatic rings. The Balaban J connectivity index is 1.09. The van der Waals surface area contributed by atoms with E-state index < -0.39 is 30.2 Å². The maximum atomic E-state index is 13.5. The van der Waals surface area contributed by atoms with Gasteiger partial charge in [-0.15, -0.1) is 0 Å². The molecule has 0 radical (unpaired) electrons. The van der Waals surface area contributed by atoms with Crippen LogP contribution in [0.25, 0.3) is 33.2 Å². The van der Waals surface area contributed by atoms with Gasteiger partial charge in [-0.05, 0) is 77.6 Å². The second-order valence-electron chi connectivity index (χ2n) is 15.6. The molecule has 0 spiro atoms. The first-order chi connectivity index (χ1) is 27.4. The van der Waals surface area contributed by atoms with Crippen molar-refractivity contribution in [1.82, 2.24) is 30.8 Å². The van der Waals surface area contributed by atoms with E-state index in [1.165, 1.54) is 14.2 Å². The number of methoxy groups -OCH3 is 2. The van der Waals surface area contributed by atoms with Gasteiger partial charge in [-0.1, -0.05) is 76.6 Å². The molecule has 1 aliphatic carbocycles. The van der Waals surface area contributed by atoms with Crippen molar-refractivity contribution < 1.29 is 33.4 Å². The number of carbonyl (C=O) groups excluding carboxylic acids is 5. The third kappa shape index (κ3) is 9.38. The summed E-state index contributed by atoms with van der Waals surface area (Å²) in [5.41, 5.74) is 4.47. The highest BCUT2D eigenvalue weighted by atomic mass is 16.5. The predicted molar refractivity (Wildman–Crippen MR) is 217 cm³/mol. The summed E-state index contributed by atoms with van der Waals surface area (Å²) in [4.78, 5) is 73.8. The SMILES string of the molecule is COC(=O)N[C@H](C(=O)N[C@@H]1CCC[C@H]1C(=O)Nc1ccc2cc(-c3ccc(-c4c[nH]c([C@@H]5CCCN5C(=O)[C@@H](NC(=O)OC)C(C)C)n4)cc3)ccc2c1)C(C)C. The number of H-pyrrole nitrogens is 1. The Morgan fingerprint density at radius 2 is 1.39 bits per heavy atom. The van der Waals surface area contributed by atoms with Crippen molar-refractivity contribution in [2.75, 3.05) is 26.1 Å². The number of aromatic nitrogens is 2. The molecule has 5 N–H and O–H groups in total. The number of fused-ring (bicyclic) bond motifs is 1. The number of likely N-dealkylation sites (tertiary alicyclic amines) is 1. The number of rotatable bonds is 12. The summed E-state index contributed by atoms with van der Waals surface area (Å²) in [6.45, 7) is 8.05. The van der Waals surface area contributed by atoms with Crippen LogP contribution in [-0.4, -0.2) is 83.7 Å². The fraction of sp³-hybridized carbons (Fsp3) is 0.442. The molecule has 57 heavy (non-hydrogen) atoms. The number of hydrogen-bond donors (Lipinski definition) is 5. The van der Waals surface area contributed by atoms with Crippen LogP contribution in [0.4, 0.5) is 15.3 Å². The summed E-state index contributed by atoms with van der Waals surface area (Å²) in [5.74, 6) is -0.588. The minimum absolute atomic E-state index is 0.112. The standard InChI is InChI=1S/C43H53N7O7/c1-24(2)36(48-42(54)56-5)40(52)47-33-10-7-9-32(33)39(51)45-31-19-18-29-21-28(16-17-30(29)22-31)26-12-14-27(15-13-26)34-23-44-38(46-34)35-11-8-20-50(35)41(53)37(25(3)4)49-43(55)57-6/h12-19,21-25,32-33,35-37H,7-11,20H2,1-6H3,(H,44,46)(H,45,51)(H,47,52)(H,48,54)(H,49,55)/t32-,33-,35+,36+,37+/m1/s1. The highest BCUT2D eigenvalue weighted by Gasteiger charge is 2.38. The van der Waals surface area contributed by atoms with Gasteiger partial charge in [-0.25, -0.2) is 14.6 Å². The van der Waals surface area contributed by atoms with Crippen LogP contribution in [0.3, 0.4) is 0 Å². The number of nitrogens with zero attached hydrogens (tertiary/aromatic N) is 2. The van der Waals surface area contributed by atoms with Gasteiger partial charge >= 0.3 is 12.2 Å². The Kier molecular flexibility index (Phi) is 12.8. The van der Waals surface area contributed by atoms with Crippen LogP contribution in [0.2, 0.25) is 0 Å². The molecule has 2 heterocycles. The number of anilines is 1. The van der Waals surface area contributed by atoms with E-state index >= 15 is 0 Å². The first-order valence-electron chi connectivity index (χ1n) is 19.7. The Labute approximate surface area is 332 Å². The summed E-state index contributed by atoms with van der Waals surface area (Å²) in [7, 11) is 2.54. The summed E-state index contributed by atoms with van der Waals surface area (Å²) in [6, 6.07) is 18.2. The molecule has 1 saturated heterocycles. The second kappa shape index (κ2) is 17.9. The Morgan fingerprint density at radius 3 is 2.07 bits per heavy atom. The van der Waals surface area contributed by atoms with E-state index in [0.29, 0.717) is 30.9 Å². The molecule has 6 rings (SSSR count). The fourth-order valence-corrected chi connectivity index (χ4v) is 7.86. The maximum Gasteiger partial charge on any atom is 0.407 e. The van der Waals surface area contributed by atoms with Crippen LogP contribution in [0, 0.1) is 17.8 Å². The number of amides is 5. The first kappa shape index (κ1) is 40.7. The van der Waals surface area contributed by atoms with Gasteiger partial charge in [0.1, 0.15) is 17.9 Å². The molecule has 14 nitrogen and oxygen atoms in total. The third-order valence-corrected chi connectivity index (χ3v) is 11.1. The zero-order valence-electron chi connectivity index (χ0n) is 33.4. The smallest absolute Gasteiger partial charge is 0.407 e. The summed E-state index contributed by atoms with van der Waals surface area (Å²) >= 11 is 0. The normalized spacial score (nSPS) is 18.9. The minimum Gasteiger partial charge on any atom is -0.453 e. The molecule has 1 aliphatic heterocycles. The number of nitrogens with one attached hydrogen (secondary N) is 5. The van der Waals surface area contributed by atoms with Crippen molar-refractivity contribution in [2.24, 2.45) is 17.8 Å². The molecule has 5 atom stereocenters. The molecule has 5 amide bonds. The molecule has 302 valence electrons. The minimum atomic E-state index is -0.772. The fourth-order valence-electron chi connectivity index (χ4n) is 7.86. The monoisotopic (exact) mass is 779 g/mol. The van der Waals surface area contributed by atoms with Crippen LogP contribution < -0.4 is 21.3 Å². The van der Waals surface area contributed by atoms with Crippen molar-refractivity contribution in [3.63, 3.8) is 0 Å². The lowest BCUT2D eigenvalue weighted by atomic mass is 9.98. The summed E-state index contributed by atoms with van der Waals surface area (Å²) < 4.78 is 9.43. The van der Waals surface area contributed by atoms with E-state index in [9.17, 15) is 24.0 Å². The van der Waals surface area contributed by atoms with E-state index in [1.54, 1.807) is 4.90 Å². The lowest BCUT2D eigenvalue weighted by Crippen LogP contribution is -2.53. The van der Waals surface area contributed by atoms with Gasteiger partial charge in [-0.3, -0.25) is 14.4 Å². The van der Waals surface area contributed by atoms with Crippen molar-refractivity contribution in [1.29, 1.82) is 0 Å². The van der Waals surface area contributed by atoms with Gasteiger partial charge in [0.05, 0.1) is 31.9 Å². The van der Waals surface area contributed by atoms with Crippen molar-refractivity contribution in [3.05, 3.63) is 72.7 Å². The van der Waals surface area contributed by atoms with Crippen molar-refractivity contribution in [2.45, 2.75) is 84.0 Å². The van der Waals surface area contributed by atoms with Gasteiger partial charge in [0.15, 0.2) is 0 Å². The Bertz CT molecular complexity index is 2100. The average molecular weight is 780 g/mol. The predicted octanol–water partition coefficient (Wildman–Crippen LogP) is 6.55. The summed E-state index contributed by atoms with van der Waals surface area (Å²) in [6.07, 6.45) is 4.31. The highest BCUT2D eigenvalue weighted by Crippen LogP contribution is 2.34. The Morgan fingerprint density at radius 1 is 0.754 bits per heavy atom. The number of ether oxygens (including phenoxy) is 2. The molecule has 1 aromatic heterocycles. The number of alkyl carbamates (subject to hydrolysis) is 2. The number of aromatic amines is 1. The molecule has 0 unspecified atom stereocenters. The number of hydrogen-bond acceptors (Lipinski definition) is 8. The zero-order valence-corrected chi connectivity index (χ0v) is 33.4. The summed E-state index contributed by atoms with van der Waals surface area (Å²) in [5, 5.41) is 13.3. The van der Waals surface area contributed by atoms with Gasteiger partial charge in [0.25, 0.3) is 0 Å². The van der Waals surface area contributed by atoms with E-state index in [2.05, 4.69) is 55.3 Å². The van der Waals surface area contributed by atoms with Crippen molar-refractivity contribution in [3.8, 4) is 22.4 Å². The quantitative estimate of drug-likeness (QED) is 0.107. The van der Waals surface area contributed by atoms with Gasteiger partial charge in [0.2, 0.25) is 17.7 Å². The van der Waals surface area contributed by atoms with Crippen LogP contribution in [0.5, 0.6) is 0 Å². The topological polar surface area (TPSA) is 184 Å². The first-order valence-corrected chi connectivity index (χ1v) is 19.7. The molecule has 14 heteroatoms. The molecular formula is C43H53N7O7. The van der Waals surface area contributed by atoms with E-state index in [0.717, 1.165) is 52.4 Å². The van der Waals surface area contributed by atoms with Crippen LogP contribution in [0.15, 0.2) is 66.9 Å². The van der Waals surface area contributed by atoms with Gasteiger partial charge in [-0.2, -0.15) is 0 Å². The third-order valence-electron chi connectivity index (χ3n) is 11.1. The molecule has 3 aromatic carbocycles. The number of benzene rings is 3. The van der Waals surface area contributed by atoms with Gasteiger partial charge < -0.3 is 40.6 Å². The molecule has 0 bridgehead atoms. The second-order valence-corrected chi connectivity index (χ2v) is 15.6. The molecule has 2 aliphatic rings. The van der Waals surface area contributed by atoms with Crippen molar-refractivity contribution >= 4 is 46.4 Å². The molecule has 2 fully saturated rings. The Hall–Kier alpha value is -5.92. The highest BCUT2D eigenvalue weighted by molar-refractivity contribution is 5.97. The molecule has 1 saturated carbocycles. The van der Waals surface area contributed by atoms with Crippen LogP contribution in [0.1, 0.15) is 71.7 Å². The largest absolute Gasteiger partial charge is 0.453 e. The number of carbonyl (C=O) groups is 5. The van der Waals surface area contributed by atoms with E-state index in [-0.39, 0.29) is 41.6 Å². The zero-order chi connectivity index (χ0) is 40.8. The lowest BCUT2D eigenvalue weighted by Gasteiger charge is -2.29. The molecular weight excluding hydrogens is 727 g/mol. The van der Waals surface area contributed by atoms with E-state index in [4.69, 9.17) is 9.72 Å². The van der Waals surface area contributed by atoms with Crippen LogP contribution in [-0.2, 0) is 23.9 Å².